The van der Waals surface area contributed by atoms with E-state index in [0.717, 1.165) is 0 Å². The Morgan fingerprint density at radius 1 is 0.906 bits per heavy atom. The van der Waals surface area contributed by atoms with Gasteiger partial charge in [0, 0.05) is 25.1 Å². The van der Waals surface area contributed by atoms with Gasteiger partial charge in [-0.05, 0) is 35.4 Å². The van der Waals surface area contributed by atoms with Crippen LogP contribution in [0.5, 0.6) is 5.75 Å². The van der Waals surface area contributed by atoms with Gasteiger partial charge in [0.2, 0.25) is 5.43 Å². The van der Waals surface area contributed by atoms with Gasteiger partial charge in [0.25, 0.3) is 11.5 Å². The van der Waals surface area contributed by atoms with Gasteiger partial charge in [0.15, 0.2) is 11.3 Å². The lowest BCUT2D eigenvalue weighted by molar-refractivity contribution is 0.0949. The minimum atomic E-state index is -0.988. The van der Waals surface area contributed by atoms with Crippen LogP contribution < -0.4 is 16.3 Å². The number of carbonyl (C=O) groups is 1. The molecule has 0 saturated heterocycles. The van der Waals surface area contributed by atoms with E-state index in [1.54, 1.807) is 0 Å². The first-order valence-electron chi connectivity index (χ1n) is 9.58. The Bertz CT molecular complexity index is 1430. The summed E-state index contributed by atoms with van der Waals surface area (Å²) in [5.41, 5.74) is -1.000. The third kappa shape index (κ3) is 4.13. The Hall–Kier alpha value is -4.27. The van der Waals surface area contributed by atoms with E-state index < -0.39 is 34.3 Å². The molecule has 2 aromatic carbocycles. The molecule has 7 nitrogen and oxygen atoms in total. The number of aromatic hydroxyl groups is 1. The molecule has 2 aromatic heterocycles. The summed E-state index contributed by atoms with van der Waals surface area (Å²) in [7, 11) is 0. The van der Waals surface area contributed by atoms with Crippen molar-refractivity contribution in [3.8, 4) is 5.75 Å². The fourth-order valence-corrected chi connectivity index (χ4v) is 3.26. The van der Waals surface area contributed by atoms with E-state index in [1.807, 2.05) is 0 Å². The number of carbonyl (C=O) groups excluding carboxylic acids is 1. The van der Waals surface area contributed by atoms with Gasteiger partial charge in [0.05, 0.1) is 6.54 Å². The zero-order valence-electron chi connectivity index (χ0n) is 16.6. The van der Waals surface area contributed by atoms with Crippen molar-refractivity contribution < 1.29 is 18.7 Å². The Kier molecular flexibility index (Phi) is 5.55. The molecular formula is C23H17F2N3O4. The molecule has 4 rings (SSSR count). The van der Waals surface area contributed by atoms with Crippen LogP contribution in [0.4, 0.5) is 8.78 Å². The Labute approximate surface area is 179 Å². The number of hydrogen-bond donors (Lipinski definition) is 2. The molecule has 0 radical (unpaired) electrons. The number of aromatic nitrogens is 2. The van der Waals surface area contributed by atoms with Gasteiger partial charge in [-0.25, -0.2) is 8.78 Å². The molecule has 0 aliphatic heterocycles. The molecule has 162 valence electrons. The fraction of sp³-hybridized carbons (Fsp3) is 0.0870. The van der Waals surface area contributed by atoms with E-state index in [1.165, 1.54) is 76.1 Å². The molecule has 0 unspecified atom stereocenters. The molecule has 0 aliphatic rings. The third-order valence-corrected chi connectivity index (χ3v) is 4.96. The fourth-order valence-electron chi connectivity index (χ4n) is 3.26. The van der Waals surface area contributed by atoms with Crippen molar-refractivity contribution >= 4 is 11.4 Å². The van der Waals surface area contributed by atoms with Gasteiger partial charge >= 0.3 is 0 Å². The highest BCUT2D eigenvalue weighted by atomic mass is 19.1. The minimum Gasteiger partial charge on any atom is -0.503 e. The largest absolute Gasteiger partial charge is 0.503 e. The molecule has 0 atom stereocenters. The summed E-state index contributed by atoms with van der Waals surface area (Å²) in [6.45, 7) is 0.143. The second-order valence-corrected chi connectivity index (χ2v) is 7.14. The molecule has 0 spiro atoms. The van der Waals surface area contributed by atoms with Gasteiger partial charge in [-0.1, -0.05) is 24.3 Å². The molecule has 2 heterocycles. The number of rotatable bonds is 5. The normalized spacial score (nSPS) is 10.9. The number of amides is 1. The topological polar surface area (TPSA) is 92.8 Å². The van der Waals surface area contributed by atoms with Crippen LogP contribution in [-0.4, -0.2) is 20.0 Å². The molecule has 0 aliphatic carbocycles. The van der Waals surface area contributed by atoms with Crippen molar-refractivity contribution in [1.29, 1.82) is 0 Å². The Morgan fingerprint density at radius 3 is 2.12 bits per heavy atom. The van der Waals surface area contributed by atoms with Crippen LogP contribution in [0.3, 0.4) is 0 Å². The maximum Gasteiger partial charge on any atom is 0.279 e. The maximum absolute atomic E-state index is 13.1. The molecule has 0 bridgehead atoms. The van der Waals surface area contributed by atoms with Crippen molar-refractivity contribution in [3.05, 3.63) is 116 Å². The first kappa shape index (κ1) is 21.0. The lowest BCUT2D eigenvalue weighted by Crippen LogP contribution is -2.31. The molecule has 32 heavy (non-hydrogen) atoms. The van der Waals surface area contributed by atoms with Gasteiger partial charge in [-0.15, -0.1) is 0 Å². The van der Waals surface area contributed by atoms with Gasteiger partial charge < -0.3 is 19.4 Å². The maximum atomic E-state index is 13.1. The third-order valence-electron chi connectivity index (χ3n) is 4.96. The molecule has 0 fully saturated rings. The Morgan fingerprint density at radius 2 is 1.50 bits per heavy atom. The van der Waals surface area contributed by atoms with Crippen LogP contribution in [0.1, 0.15) is 21.5 Å². The molecular weight excluding hydrogens is 420 g/mol. The van der Waals surface area contributed by atoms with Gasteiger partial charge in [0.1, 0.15) is 17.2 Å². The highest BCUT2D eigenvalue weighted by molar-refractivity contribution is 5.94. The minimum absolute atomic E-state index is 0.0429. The van der Waals surface area contributed by atoms with E-state index >= 15 is 0 Å². The van der Waals surface area contributed by atoms with Crippen molar-refractivity contribution in [3.63, 3.8) is 0 Å². The average molecular weight is 437 g/mol. The smallest absolute Gasteiger partial charge is 0.279 e. The number of nitrogens with one attached hydrogen (secondary N) is 1. The number of benzene rings is 2. The summed E-state index contributed by atoms with van der Waals surface area (Å²) >= 11 is 0. The predicted molar refractivity (Wildman–Crippen MR) is 113 cm³/mol. The molecule has 1 amide bonds. The van der Waals surface area contributed by atoms with E-state index in [4.69, 9.17) is 0 Å². The van der Waals surface area contributed by atoms with Crippen molar-refractivity contribution in [2.24, 2.45) is 0 Å². The Balaban J connectivity index is 1.64. The van der Waals surface area contributed by atoms with Crippen LogP contribution in [0.2, 0.25) is 0 Å². The van der Waals surface area contributed by atoms with Crippen molar-refractivity contribution in [2.75, 3.05) is 0 Å². The van der Waals surface area contributed by atoms with E-state index in [-0.39, 0.29) is 24.2 Å². The summed E-state index contributed by atoms with van der Waals surface area (Å²) in [6.07, 6.45) is 4.03. The number of hydrogen-bond acceptors (Lipinski definition) is 4. The van der Waals surface area contributed by atoms with E-state index in [2.05, 4.69) is 5.32 Å². The summed E-state index contributed by atoms with van der Waals surface area (Å²) in [4.78, 5) is 37.9. The van der Waals surface area contributed by atoms with Crippen molar-refractivity contribution in [1.82, 2.24) is 14.3 Å². The van der Waals surface area contributed by atoms with Gasteiger partial charge in [-0.3, -0.25) is 14.4 Å². The lowest BCUT2D eigenvalue weighted by Gasteiger charge is -2.11. The number of fused-ring (bicyclic) bond motifs is 1. The zero-order chi connectivity index (χ0) is 22.8. The quantitative estimate of drug-likeness (QED) is 0.502. The van der Waals surface area contributed by atoms with Crippen LogP contribution in [0, 0.1) is 11.6 Å². The molecule has 2 N–H and O–H groups in total. The first-order chi connectivity index (χ1) is 15.3. The summed E-state index contributed by atoms with van der Waals surface area (Å²) in [5, 5.41) is 12.9. The zero-order valence-corrected chi connectivity index (χ0v) is 16.6. The van der Waals surface area contributed by atoms with Crippen LogP contribution in [0.15, 0.2) is 76.7 Å². The molecule has 0 saturated carbocycles. The second-order valence-electron chi connectivity index (χ2n) is 7.14. The number of pyridine rings is 1. The number of nitrogens with zero attached hydrogens (tertiary/aromatic N) is 2. The predicted octanol–water partition coefficient (Wildman–Crippen LogP) is 2.42. The van der Waals surface area contributed by atoms with Crippen molar-refractivity contribution in [2.45, 2.75) is 13.1 Å². The van der Waals surface area contributed by atoms with Crippen LogP contribution in [-0.2, 0) is 13.1 Å². The SMILES string of the molecule is O=C(NCc1ccc(F)cc1)c1cn2ccn(Cc3ccc(F)cc3)c(=O)c2c(O)c1=O. The lowest BCUT2D eigenvalue weighted by atomic mass is 10.2. The highest BCUT2D eigenvalue weighted by Crippen LogP contribution is 2.12. The van der Waals surface area contributed by atoms with E-state index in [0.29, 0.717) is 11.1 Å². The summed E-state index contributed by atoms with van der Waals surface area (Å²) < 4.78 is 28.5. The average Bonchev–Trinajstić information content (AvgIpc) is 2.78. The van der Waals surface area contributed by atoms with Crippen LogP contribution in [0.25, 0.3) is 5.52 Å². The van der Waals surface area contributed by atoms with E-state index in [9.17, 15) is 28.3 Å². The highest BCUT2D eigenvalue weighted by Gasteiger charge is 2.19. The first-order valence-corrected chi connectivity index (χ1v) is 9.58. The monoisotopic (exact) mass is 437 g/mol. The molecule has 4 aromatic rings. The second kappa shape index (κ2) is 8.46. The van der Waals surface area contributed by atoms with Gasteiger partial charge in [-0.2, -0.15) is 0 Å². The summed E-state index contributed by atoms with van der Waals surface area (Å²) in [6, 6.07) is 11.0. The summed E-state index contributed by atoms with van der Waals surface area (Å²) in [5.74, 6) is -2.42. The molecule has 9 heteroatoms. The standard InChI is InChI=1S/C23H17F2N3O4/c24-16-5-1-14(2-6-16)11-26-22(31)18-13-27-9-10-28(12-15-3-7-17(25)8-4-15)23(32)19(27)21(30)20(18)29/h1-10,13,30H,11-12H2,(H,26,31). The number of halogens is 2. The van der Waals surface area contributed by atoms with Crippen LogP contribution >= 0.6 is 0 Å².